The van der Waals surface area contributed by atoms with E-state index in [1.165, 1.54) is 35.5 Å². The molecular formula is C27H26N2O5S. The lowest BCUT2D eigenvalue weighted by molar-refractivity contribution is -0.136. The van der Waals surface area contributed by atoms with Crippen molar-refractivity contribution in [3.05, 3.63) is 96.2 Å². The van der Waals surface area contributed by atoms with E-state index in [0.29, 0.717) is 32.3 Å². The van der Waals surface area contributed by atoms with Gasteiger partial charge in [0.05, 0.1) is 29.0 Å². The summed E-state index contributed by atoms with van der Waals surface area (Å²) in [5, 5.41) is 0. The third kappa shape index (κ3) is 4.88. The van der Waals surface area contributed by atoms with Gasteiger partial charge in [0.1, 0.15) is 5.75 Å². The molecule has 0 aliphatic carbocycles. The fourth-order valence-electron chi connectivity index (χ4n) is 4.02. The molecule has 7 nitrogen and oxygen atoms in total. The lowest BCUT2D eigenvalue weighted by Crippen LogP contribution is -2.39. The van der Waals surface area contributed by atoms with Crippen LogP contribution < -0.4 is 19.6 Å². The first kappa shape index (κ1) is 24.3. The maximum absolute atomic E-state index is 13.6. The predicted octanol–water partition coefficient (Wildman–Crippen LogP) is 3.46. The van der Waals surface area contributed by atoms with Crippen molar-refractivity contribution in [2.24, 2.45) is 4.99 Å². The summed E-state index contributed by atoms with van der Waals surface area (Å²) in [6.07, 6.45) is 1.84. The summed E-state index contributed by atoms with van der Waals surface area (Å²) in [5.41, 5.74) is 3.33. The van der Waals surface area contributed by atoms with Crippen molar-refractivity contribution < 1.29 is 19.1 Å². The van der Waals surface area contributed by atoms with Crippen LogP contribution in [0.3, 0.4) is 0 Å². The summed E-state index contributed by atoms with van der Waals surface area (Å²) < 4.78 is 12.2. The van der Waals surface area contributed by atoms with Crippen LogP contribution in [-0.2, 0) is 14.3 Å². The van der Waals surface area contributed by atoms with Crippen LogP contribution in [-0.4, -0.2) is 23.6 Å². The molecule has 0 fully saturated rings. The number of carbonyl (C=O) groups excluding carboxylic acids is 2. The zero-order chi connectivity index (χ0) is 25.3. The van der Waals surface area contributed by atoms with Gasteiger partial charge in [-0.15, -0.1) is 0 Å². The average molecular weight is 491 g/mol. The largest absolute Gasteiger partial charge is 0.466 e. The number of methoxy groups -OCH3 is 1. The Hall–Kier alpha value is -3.78. The molecule has 0 bridgehead atoms. The minimum Gasteiger partial charge on any atom is -0.466 e. The predicted molar refractivity (Wildman–Crippen MR) is 134 cm³/mol. The highest BCUT2D eigenvalue weighted by atomic mass is 32.1. The Morgan fingerprint density at radius 1 is 1.09 bits per heavy atom. The molecule has 0 spiro atoms. The Balaban J connectivity index is 1.86. The van der Waals surface area contributed by atoms with Crippen LogP contribution in [0.25, 0.3) is 6.08 Å². The molecule has 4 rings (SSSR count). The molecule has 2 aromatic carbocycles. The van der Waals surface area contributed by atoms with Gasteiger partial charge in [-0.05, 0) is 47.7 Å². The minimum absolute atomic E-state index is 0.246. The second kappa shape index (κ2) is 9.84. The highest BCUT2D eigenvalue weighted by molar-refractivity contribution is 7.07. The van der Waals surface area contributed by atoms with Crippen molar-refractivity contribution in [3.8, 4) is 5.75 Å². The number of nitrogens with zero attached hydrogens (tertiary/aromatic N) is 2. The molecule has 0 radical (unpaired) electrons. The number of allylic oxidation sites excluding steroid dienone is 1. The molecule has 0 N–H and O–H groups in total. The van der Waals surface area contributed by atoms with E-state index < -0.39 is 18.0 Å². The molecule has 3 aromatic rings. The van der Waals surface area contributed by atoms with E-state index in [1.807, 2.05) is 18.2 Å². The van der Waals surface area contributed by atoms with E-state index >= 15 is 0 Å². The second-order valence-corrected chi connectivity index (χ2v) is 9.57. The molecular weight excluding hydrogens is 464 g/mol. The Bertz CT molecular complexity index is 1490. The van der Waals surface area contributed by atoms with Crippen LogP contribution in [0.5, 0.6) is 5.75 Å². The quantitative estimate of drug-likeness (QED) is 0.404. The molecule has 1 atom stereocenters. The number of hydrogen-bond acceptors (Lipinski definition) is 7. The maximum atomic E-state index is 13.6. The van der Waals surface area contributed by atoms with Crippen LogP contribution in [0, 0.1) is 0 Å². The van der Waals surface area contributed by atoms with E-state index in [-0.39, 0.29) is 11.1 Å². The molecule has 0 amide bonds. The number of fused-ring (bicyclic) bond motifs is 1. The highest BCUT2D eigenvalue weighted by Gasteiger charge is 2.33. The number of hydrogen-bond donors (Lipinski definition) is 0. The molecule has 180 valence electrons. The summed E-state index contributed by atoms with van der Waals surface area (Å²) in [4.78, 5) is 42.7. The lowest BCUT2D eigenvalue weighted by Gasteiger charge is -2.24. The van der Waals surface area contributed by atoms with E-state index in [0.717, 1.165) is 5.56 Å². The van der Waals surface area contributed by atoms with Crippen molar-refractivity contribution >= 4 is 29.4 Å². The molecule has 1 aromatic heterocycles. The van der Waals surface area contributed by atoms with Crippen LogP contribution >= 0.6 is 11.3 Å². The monoisotopic (exact) mass is 490 g/mol. The third-order valence-electron chi connectivity index (χ3n) is 5.79. The van der Waals surface area contributed by atoms with Crippen LogP contribution in [0.1, 0.15) is 56.3 Å². The summed E-state index contributed by atoms with van der Waals surface area (Å²) in [7, 11) is 1.30. The number of esters is 2. The molecule has 8 heteroatoms. The summed E-state index contributed by atoms with van der Waals surface area (Å²) in [6.45, 7) is 7.32. The molecule has 0 saturated heterocycles. The fraction of sp³-hybridized carbons (Fsp3) is 0.259. The molecule has 1 unspecified atom stereocenters. The van der Waals surface area contributed by atoms with Gasteiger partial charge in [-0.2, -0.15) is 0 Å². The van der Waals surface area contributed by atoms with Gasteiger partial charge < -0.3 is 9.47 Å². The van der Waals surface area contributed by atoms with Crippen LogP contribution in [0.15, 0.2) is 69.6 Å². The van der Waals surface area contributed by atoms with Gasteiger partial charge in [0.2, 0.25) is 0 Å². The van der Waals surface area contributed by atoms with Crippen LogP contribution in [0.2, 0.25) is 0 Å². The normalized spacial score (nSPS) is 15.6. The van der Waals surface area contributed by atoms with Gasteiger partial charge in [0.15, 0.2) is 4.80 Å². The zero-order valence-corrected chi connectivity index (χ0v) is 21.0. The van der Waals surface area contributed by atoms with E-state index in [2.05, 4.69) is 31.0 Å². The van der Waals surface area contributed by atoms with Gasteiger partial charge in [-0.3, -0.25) is 14.2 Å². The standard InChI is InChI=1S/C27H26N2O5S/c1-15(2)19-8-6-18(7-9-19)14-22-25(31)29-24(20-10-12-21(13-11-20)34-17(4)30)23(26(32)33-5)16(3)28-27(29)35-22/h6-15,24H,1-5H3. The van der Waals surface area contributed by atoms with E-state index in [4.69, 9.17) is 9.47 Å². The number of ether oxygens (including phenoxy) is 2. The molecule has 1 aliphatic rings. The Morgan fingerprint density at radius 2 is 1.74 bits per heavy atom. The smallest absolute Gasteiger partial charge is 0.338 e. The first-order chi connectivity index (χ1) is 16.7. The first-order valence-corrected chi connectivity index (χ1v) is 12.0. The van der Waals surface area contributed by atoms with Gasteiger partial charge in [0, 0.05) is 6.92 Å². The van der Waals surface area contributed by atoms with Crippen LogP contribution in [0.4, 0.5) is 0 Å². The molecule has 35 heavy (non-hydrogen) atoms. The van der Waals surface area contributed by atoms with Gasteiger partial charge in [0.25, 0.3) is 5.56 Å². The summed E-state index contributed by atoms with van der Waals surface area (Å²) >= 11 is 1.27. The van der Waals surface area contributed by atoms with Crippen molar-refractivity contribution in [2.45, 2.75) is 39.7 Å². The molecule has 0 saturated carbocycles. The van der Waals surface area contributed by atoms with Gasteiger partial charge in [-0.1, -0.05) is 61.6 Å². The van der Waals surface area contributed by atoms with E-state index in [9.17, 15) is 14.4 Å². The summed E-state index contributed by atoms with van der Waals surface area (Å²) in [5.74, 6) is -0.197. The topological polar surface area (TPSA) is 87.0 Å². The first-order valence-electron chi connectivity index (χ1n) is 11.2. The number of benzene rings is 2. The summed E-state index contributed by atoms with van der Waals surface area (Å²) in [6, 6.07) is 14.1. The van der Waals surface area contributed by atoms with Crippen molar-refractivity contribution in [2.75, 3.05) is 7.11 Å². The van der Waals surface area contributed by atoms with Crippen molar-refractivity contribution in [3.63, 3.8) is 0 Å². The zero-order valence-electron chi connectivity index (χ0n) is 20.2. The second-order valence-electron chi connectivity index (χ2n) is 8.56. The fourth-order valence-corrected chi connectivity index (χ4v) is 5.07. The number of rotatable bonds is 5. The maximum Gasteiger partial charge on any atom is 0.338 e. The Morgan fingerprint density at radius 3 is 2.31 bits per heavy atom. The number of carbonyl (C=O) groups is 2. The van der Waals surface area contributed by atoms with Gasteiger partial charge >= 0.3 is 11.9 Å². The number of aromatic nitrogens is 1. The minimum atomic E-state index is -0.726. The number of thiazole rings is 1. The van der Waals surface area contributed by atoms with Gasteiger partial charge in [-0.25, -0.2) is 9.79 Å². The SMILES string of the molecule is COC(=O)C1=C(C)N=c2sc(=Cc3ccc(C(C)C)cc3)c(=O)n2C1c1ccc(OC(C)=O)cc1. The third-order valence-corrected chi connectivity index (χ3v) is 6.77. The van der Waals surface area contributed by atoms with Crippen molar-refractivity contribution in [1.29, 1.82) is 0 Å². The molecule has 1 aliphatic heterocycles. The Labute approximate surface area is 206 Å². The average Bonchev–Trinajstić information content (AvgIpc) is 3.12. The van der Waals surface area contributed by atoms with Crippen molar-refractivity contribution in [1.82, 2.24) is 4.57 Å². The molecule has 2 heterocycles. The highest BCUT2D eigenvalue weighted by Crippen LogP contribution is 2.31. The lowest BCUT2D eigenvalue weighted by atomic mass is 9.96. The Kier molecular flexibility index (Phi) is 6.84. The van der Waals surface area contributed by atoms with E-state index in [1.54, 1.807) is 31.2 Å².